The first kappa shape index (κ1) is 18.6. The van der Waals surface area contributed by atoms with Gasteiger partial charge in [0.1, 0.15) is 17.2 Å². The molecular weight excluding hydrogens is 360 g/mol. The van der Waals surface area contributed by atoms with Gasteiger partial charge in [-0.2, -0.15) is 5.10 Å². The van der Waals surface area contributed by atoms with Crippen LogP contribution in [0.15, 0.2) is 53.6 Å². The summed E-state index contributed by atoms with van der Waals surface area (Å²) in [5.41, 5.74) is 11.9. The van der Waals surface area contributed by atoms with Crippen LogP contribution in [0.25, 0.3) is 0 Å². The Morgan fingerprint density at radius 1 is 1.26 bits per heavy atom. The van der Waals surface area contributed by atoms with E-state index < -0.39 is 0 Å². The molecule has 1 heterocycles. The van der Waals surface area contributed by atoms with Crippen LogP contribution in [0.5, 0.6) is 5.75 Å². The summed E-state index contributed by atoms with van der Waals surface area (Å²) in [7, 11) is 0. The number of amides is 1. The number of carbonyl (C=O) groups is 1. The first-order valence-electron chi connectivity index (χ1n) is 8.36. The Hall–Kier alpha value is -3.19. The molecule has 1 aromatic heterocycles. The maximum atomic E-state index is 12.0. The van der Waals surface area contributed by atoms with Crippen molar-refractivity contribution >= 4 is 28.6 Å². The number of hydrogen-bond acceptors (Lipinski definition) is 6. The standard InChI is InChI=1S/C20H20N4O2S/c1-13-4-3-5-16(10-13)12-26-17-8-6-15(7-9-17)11-22-24-19(25)18-14(2)23-20(21)27-18/h3-11H,12H2,1-2H3,(H2,21,23)(H,24,25)/b22-11+. The largest absolute Gasteiger partial charge is 0.489 e. The highest BCUT2D eigenvalue weighted by Gasteiger charge is 2.13. The number of carbonyl (C=O) groups excluding carboxylic acids is 1. The van der Waals surface area contributed by atoms with E-state index in [0.29, 0.717) is 22.3 Å². The number of aromatic nitrogens is 1. The molecule has 3 N–H and O–H groups in total. The molecule has 27 heavy (non-hydrogen) atoms. The molecule has 0 unspecified atom stereocenters. The number of thiazole rings is 1. The Morgan fingerprint density at radius 3 is 2.70 bits per heavy atom. The van der Waals surface area contributed by atoms with Gasteiger partial charge in [0.25, 0.3) is 5.91 Å². The minimum atomic E-state index is -0.323. The van der Waals surface area contributed by atoms with Gasteiger partial charge >= 0.3 is 0 Å². The molecule has 0 spiro atoms. The van der Waals surface area contributed by atoms with Gasteiger partial charge in [-0.1, -0.05) is 41.2 Å². The van der Waals surface area contributed by atoms with Crippen molar-refractivity contribution in [3.05, 3.63) is 75.8 Å². The van der Waals surface area contributed by atoms with Crippen molar-refractivity contribution in [2.24, 2.45) is 5.10 Å². The number of hydrogen-bond donors (Lipinski definition) is 2. The van der Waals surface area contributed by atoms with Crippen LogP contribution in [0.3, 0.4) is 0 Å². The monoisotopic (exact) mass is 380 g/mol. The highest BCUT2D eigenvalue weighted by Crippen LogP contribution is 2.19. The lowest BCUT2D eigenvalue weighted by Crippen LogP contribution is -2.17. The molecule has 7 heteroatoms. The van der Waals surface area contributed by atoms with Gasteiger partial charge in [0.05, 0.1) is 11.9 Å². The van der Waals surface area contributed by atoms with E-state index in [9.17, 15) is 4.79 Å². The Bertz CT molecular complexity index is 964. The van der Waals surface area contributed by atoms with Crippen molar-refractivity contribution in [3.63, 3.8) is 0 Å². The van der Waals surface area contributed by atoms with E-state index in [1.807, 2.05) is 36.4 Å². The summed E-state index contributed by atoms with van der Waals surface area (Å²) in [6.45, 7) is 4.31. The molecule has 2 aromatic carbocycles. The predicted octanol–water partition coefficient (Wildman–Crippen LogP) is 3.69. The number of nitrogens with zero attached hydrogens (tertiary/aromatic N) is 2. The van der Waals surface area contributed by atoms with E-state index in [4.69, 9.17) is 10.5 Å². The van der Waals surface area contributed by atoms with E-state index in [1.54, 1.807) is 13.1 Å². The lowest BCUT2D eigenvalue weighted by Gasteiger charge is -2.07. The molecular formula is C20H20N4O2S. The van der Waals surface area contributed by atoms with E-state index in [1.165, 1.54) is 5.56 Å². The molecule has 1 amide bonds. The molecule has 0 bridgehead atoms. The number of nitrogens with two attached hydrogens (primary N) is 1. The third-order valence-corrected chi connectivity index (χ3v) is 4.75. The van der Waals surface area contributed by atoms with Crippen LogP contribution in [-0.2, 0) is 6.61 Å². The van der Waals surface area contributed by atoms with Crippen LogP contribution in [0.2, 0.25) is 0 Å². The number of anilines is 1. The first-order chi connectivity index (χ1) is 13.0. The second kappa shape index (κ2) is 8.46. The number of hydrazone groups is 1. The van der Waals surface area contributed by atoms with Crippen molar-refractivity contribution < 1.29 is 9.53 Å². The summed E-state index contributed by atoms with van der Waals surface area (Å²) < 4.78 is 5.79. The van der Waals surface area contributed by atoms with Gasteiger partial charge < -0.3 is 10.5 Å². The number of nitrogen functional groups attached to an aromatic ring is 1. The van der Waals surface area contributed by atoms with Crippen molar-refractivity contribution in [3.8, 4) is 5.75 Å². The van der Waals surface area contributed by atoms with Gasteiger partial charge in [0.2, 0.25) is 0 Å². The van der Waals surface area contributed by atoms with Crippen LogP contribution in [0, 0.1) is 13.8 Å². The van der Waals surface area contributed by atoms with Crippen LogP contribution in [0.1, 0.15) is 32.1 Å². The van der Waals surface area contributed by atoms with Gasteiger partial charge in [-0.05, 0) is 49.2 Å². The Kier molecular flexibility index (Phi) is 5.83. The fourth-order valence-electron chi connectivity index (χ4n) is 2.46. The molecule has 138 valence electrons. The third-order valence-electron chi connectivity index (χ3n) is 3.77. The highest BCUT2D eigenvalue weighted by atomic mass is 32.1. The maximum absolute atomic E-state index is 12.0. The van der Waals surface area contributed by atoms with Gasteiger partial charge in [-0.15, -0.1) is 0 Å². The van der Waals surface area contributed by atoms with Crippen molar-refractivity contribution in [2.45, 2.75) is 20.5 Å². The van der Waals surface area contributed by atoms with Gasteiger partial charge in [0.15, 0.2) is 5.13 Å². The fourth-order valence-corrected chi connectivity index (χ4v) is 3.19. The summed E-state index contributed by atoms with van der Waals surface area (Å²) in [6.07, 6.45) is 1.57. The van der Waals surface area contributed by atoms with E-state index >= 15 is 0 Å². The van der Waals surface area contributed by atoms with Crippen molar-refractivity contribution in [2.75, 3.05) is 5.73 Å². The van der Waals surface area contributed by atoms with Crippen LogP contribution in [0.4, 0.5) is 5.13 Å². The van der Waals surface area contributed by atoms with Gasteiger partial charge in [-0.25, -0.2) is 10.4 Å². The predicted molar refractivity (Wildman–Crippen MR) is 108 cm³/mol. The topological polar surface area (TPSA) is 89.6 Å². The zero-order chi connectivity index (χ0) is 19.2. The lowest BCUT2D eigenvalue weighted by atomic mass is 10.1. The summed E-state index contributed by atoms with van der Waals surface area (Å²) in [5.74, 6) is 0.449. The smallest absolute Gasteiger partial charge is 0.283 e. The SMILES string of the molecule is Cc1cccc(COc2ccc(/C=N/NC(=O)c3sc(N)nc3C)cc2)c1. The Balaban J connectivity index is 1.53. The summed E-state index contributed by atoms with van der Waals surface area (Å²) in [4.78, 5) is 16.5. The Morgan fingerprint density at radius 2 is 2.04 bits per heavy atom. The average Bonchev–Trinajstić information content (AvgIpc) is 2.99. The fraction of sp³-hybridized carbons (Fsp3) is 0.150. The number of rotatable bonds is 6. The Labute approximate surface area is 161 Å². The number of nitrogens with one attached hydrogen (secondary N) is 1. The van der Waals surface area contributed by atoms with E-state index in [0.717, 1.165) is 28.2 Å². The van der Waals surface area contributed by atoms with Crippen LogP contribution in [-0.4, -0.2) is 17.1 Å². The molecule has 0 aliphatic heterocycles. The quantitative estimate of drug-likeness (QED) is 0.504. The van der Waals surface area contributed by atoms with Crippen LogP contribution < -0.4 is 15.9 Å². The van der Waals surface area contributed by atoms with E-state index in [-0.39, 0.29) is 5.91 Å². The summed E-state index contributed by atoms with van der Waals surface area (Å²) >= 11 is 1.14. The lowest BCUT2D eigenvalue weighted by molar-refractivity contribution is 0.0958. The molecule has 0 atom stereocenters. The third kappa shape index (κ3) is 5.15. The molecule has 0 saturated carbocycles. The molecule has 0 fully saturated rings. The minimum Gasteiger partial charge on any atom is -0.489 e. The molecule has 6 nitrogen and oxygen atoms in total. The summed E-state index contributed by atoms with van der Waals surface area (Å²) in [5, 5.41) is 4.34. The highest BCUT2D eigenvalue weighted by molar-refractivity contribution is 7.17. The van der Waals surface area contributed by atoms with Crippen molar-refractivity contribution in [1.29, 1.82) is 0 Å². The maximum Gasteiger partial charge on any atom is 0.283 e. The molecule has 0 saturated heterocycles. The average molecular weight is 380 g/mol. The minimum absolute atomic E-state index is 0.323. The zero-order valence-corrected chi connectivity index (χ0v) is 15.9. The zero-order valence-electron chi connectivity index (χ0n) is 15.1. The van der Waals surface area contributed by atoms with Gasteiger partial charge in [0, 0.05) is 0 Å². The summed E-state index contributed by atoms with van der Waals surface area (Å²) in [6, 6.07) is 15.7. The molecule has 0 aliphatic rings. The molecule has 0 radical (unpaired) electrons. The second-order valence-corrected chi connectivity index (χ2v) is 7.04. The molecule has 3 aromatic rings. The molecule has 0 aliphatic carbocycles. The van der Waals surface area contributed by atoms with E-state index in [2.05, 4.69) is 34.6 Å². The van der Waals surface area contributed by atoms with Crippen LogP contribution >= 0.6 is 11.3 Å². The first-order valence-corrected chi connectivity index (χ1v) is 9.17. The van der Waals surface area contributed by atoms with Gasteiger partial charge in [-0.3, -0.25) is 4.79 Å². The number of benzene rings is 2. The number of ether oxygens (including phenoxy) is 1. The molecule has 3 rings (SSSR count). The normalized spacial score (nSPS) is 10.9. The van der Waals surface area contributed by atoms with Crippen molar-refractivity contribution in [1.82, 2.24) is 10.4 Å². The number of aryl methyl sites for hydroxylation is 2. The second-order valence-electron chi connectivity index (χ2n) is 6.01.